The highest BCUT2D eigenvalue weighted by molar-refractivity contribution is 5.74. The second kappa shape index (κ2) is 7.21. The second-order valence-corrected chi connectivity index (χ2v) is 6.59. The Morgan fingerprint density at radius 2 is 2.22 bits per heavy atom. The van der Waals surface area contributed by atoms with E-state index in [-0.39, 0.29) is 12.1 Å². The highest BCUT2D eigenvalue weighted by Crippen LogP contribution is 2.26. The molecule has 1 aromatic carbocycles. The minimum Gasteiger partial charge on any atom is -0.493 e. The maximum absolute atomic E-state index is 12.2. The third-order valence-corrected chi connectivity index (χ3v) is 4.95. The Morgan fingerprint density at radius 1 is 1.43 bits per heavy atom. The molecule has 0 aromatic heterocycles. The van der Waals surface area contributed by atoms with Crippen molar-refractivity contribution in [1.82, 2.24) is 10.2 Å². The van der Waals surface area contributed by atoms with Crippen molar-refractivity contribution in [3.8, 4) is 5.75 Å². The minimum absolute atomic E-state index is 0.0125. The Bertz CT molecular complexity index is 551. The van der Waals surface area contributed by atoms with Crippen molar-refractivity contribution in [1.29, 1.82) is 0 Å². The second-order valence-electron chi connectivity index (χ2n) is 6.59. The third-order valence-electron chi connectivity index (χ3n) is 4.95. The first-order valence-electron chi connectivity index (χ1n) is 8.59. The summed E-state index contributed by atoms with van der Waals surface area (Å²) in [7, 11) is 0. The Kier molecular flexibility index (Phi) is 5.06. The van der Waals surface area contributed by atoms with Gasteiger partial charge in [-0.05, 0) is 49.3 Å². The number of carbonyl (C=O) groups is 1. The Hall–Kier alpha value is -1.75. The van der Waals surface area contributed by atoms with E-state index in [0.717, 1.165) is 51.1 Å². The van der Waals surface area contributed by atoms with Gasteiger partial charge in [0.15, 0.2) is 0 Å². The Balaban J connectivity index is 1.41. The van der Waals surface area contributed by atoms with Crippen LogP contribution in [0.15, 0.2) is 18.2 Å². The summed E-state index contributed by atoms with van der Waals surface area (Å²) < 4.78 is 5.51. The lowest BCUT2D eigenvalue weighted by Gasteiger charge is -2.33. The predicted octanol–water partition coefficient (Wildman–Crippen LogP) is 1.97. The summed E-state index contributed by atoms with van der Waals surface area (Å²) in [6.45, 7) is 4.73. The van der Waals surface area contributed by atoms with Gasteiger partial charge in [0, 0.05) is 26.1 Å². The highest BCUT2D eigenvalue weighted by Gasteiger charge is 2.25. The molecule has 1 unspecified atom stereocenters. The maximum atomic E-state index is 12.2. The quantitative estimate of drug-likeness (QED) is 0.892. The molecule has 0 aliphatic carbocycles. The number of rotatable bonds is 4. The van der Waals surface area contributed by atoms with E-state index in [1.54, 1.807) is 0 Å². The minimum atomic E-state index is -0.274. The molecule has 5 nitrogen and oxygen atoms in total. The van der Waals surface area contributed by atoms with Crippen LogP contribution >= 0.6 is 0 Å². The van der Waals surface area contributed by atoms with Gasteiger partial charge < -0.3 is 20.1 Å². The molecule has 2 aliphatic rings. The number of benzene rings is 1. The number of hydrogen-bond acceptors (Lipinski definition) is 3. The fraction of sp³-hybridized carbons (Fsp3) is 0.611. The van der Waals surface area contributed by atoms with Gasteiger partial charge >= 0.3 is 6.03 Å². The molecule has 5 heteroatoms. The topological polar surface area (TPSA) is 61.8 Å². The smallest absolute Gasteiger partial charge is 0.317 e. The molecular weight excluding hydrogens is 292 g/mol. The number of hydrogen-bond donors (Lipinski definition) is 2. The van der Waals surface area contributed by atoms with Gasteiger partial charge in [0.1, 0.15) is 5.75 Å². The van der Waals surface area contributed by atoms with Crippen molar-refractivity contribution >= 4 is 6.03 Å². The molecule has 1 saturated heterocycles. The van der Waals surface area contributed by atoms with Gasteiger partial charge in [-0.25, -0.2) is 4.79 Å². The molecule has 1 atom stereocenters. The van der Waals surface area contributed by atoms with Crippen molar-refractivity contribution in [2.75, 3.05) is 26.2 Å². The first-order valence-corrected chi connectivity index (χ1v) is 8.59. The molecule has 1 fully saturated rings. The van der Waals surface area contributed by atoms with Crippen LogP contribution in [0.3, 0.4) is 0 Å². The molecule has 2 aliphatic heterocycles. The molecule has 0 saturated carbocycles. The Labute approximate surface area is 137 Å². The molecule has 1 aromatic rings. The highest BCUT2D eigenvalue weighted by atomic mass is 16.5. The molecule has 23 heavy (non-hydrogen) atoms. The number of nitrogens with zero attached hydrogens (tertiary/aromatic N) is 1. The van der Waals surface area contributed by atoms with E-state index in [2.05, 4.69) is 17.4 Å². The van der Waals surface area contributed by atoms with Gasteiger partial charge in [-0.2, -0.15) is 0 Å². The van der Waals surface area contributed by atoms with Crippen LogP contribution in [-0.4, -0.2) is 48.4 Å². The molecule has 2 amide bonds. The van der Waals surface area contributed by atoms with Crippen LogP contribution in [0.4, 0.5) is 4.79 Å². The van der Waals surface area contributed by atoms with Gasteiger partial charge in [0.05, 0.1) is 12.7 Å². The van der Waals surface area contributed by atoms with E-state index in [1.165, 1.54) is 11.1 Å². The van der Waals surface area contributed by atoms with Crippen LogP contribution in [0.2, 0.25) is 0 Å². The summed E-state index contributed by atoms with van der Waals surface area (Å²) in [4.78, 5) is 14.0. The van der Waals surface area contributed by atoms with E-state index >= 15 is 0 Å². The van der Waals surface area contributed by atoms with Crippen molar-refractivity contribution in [3.63, 3.8) is 0 Å². The standard InChI is InChI=1S/C18H26N2O3/c1-13(21)15-5-9-20(10-6-15)18(22)19-8-4-14-2-3-17-16(12-14)7-11-23-17/h2-3,12-13,15,21H,4-11H2,1H3,(H,19,22). The van der Waals surface area contributed by atoms with Crippen molar-refractivity contribution in [2.24, 2.45) is 5.92 Å². The summed E-state index contributed by atoms with van der Waals surface area (Å²) in [5.74, 6) is 1.33. The lowest BCUT2D eigenvalue weighted by atomic mass is 9.92. The number of piperidine rings is 1. The number of fused-ring (bicyclic) bond motifs is 1. The summed E-state index contributed by atoms with van der Waals surface area (Å²) in [6.07, 6.45) is 3.31. The molecule has 2 heterocycles. The summed E-state index contributed by atoms with van der Waals surface area (Å²) in [6, 6.07) is 6.30. The zero-order chi connectivity index (χ0) is 16.2. The number of amides is 2. The molecule has 2 N–H and O–H groups in total. The van der Waals surface area contributed by atoms with E-state index in [1.807, 2.05) is 17.9 Å². The average Bonchev–Trinajstić information content (AvgIpc) is 3.02. The molecule has 3 rings (SSSR count). The molecule has 0 spiro atoms. The summed E-state index contributed by atoms with van der Waals surface area (Å²) in [5.41, 5.74) is 2.51. The van der Waals surface area contributed by atoms with Gasteiger partial charge in [-0.15, -0.1) is 0 Å². The van der Waals surface area contributed by atoms with Gasteiger partial charge in [-0.1, -0.05) is 12.1 Å². The number of nitrogens with one attached hydrogen (secondary N) is 1. The fourth-order valence-electron chi connectivity index (χ4n) is 3.41. The third kappa shape index (κ3) is 3.96. The van der Waals surface area contributed by atoms with Gasteiger partial charge in [0.25, 0.3) is 0 Å². The summed E-state index contributed by atoms with van der Waals surface area (Å²) >= 11 is 0. The van der Waals surface area contributed by atoms with E-state index in [0.29, 0.717) is 12.5 Å². The monoisotopic (exact) mass is 318 g/mol. The van der Waals surface area contributed by atoms with Crippen LogP contribution in [0.1, 0.15) is 30.9 Å². The molecule has 0 radical (unpaired) electrons. The van der Waals surface area contributed by atoms with Crippen molar-refractivity contribution < 1.29 is 14.6 Å². The number of aliphatic hydroxyl groups excluding tert-OH is 1. The zero-order valence-electron chi connectivity index (χ0n) is 13.8. The predicted molar refractivity (Wildman–Crippen MR) is 88.7 cm³/mol. The van der Waals surface area contributed by atoms with Crippen LogP contribution in [0, 0.1) is 5.92 Å². The van der Waals surface area contributed by atoms with Crippen molar-refractivity contribution in [2.45, 2.75) is 38.7 Å². The number of likely N-dealkylation sites (tertiary alicyclic amines) is 1. The average molecular weight is 318 g/mol. The zero-order valence-corrected chi connectivity index (χ0v) is 13.8. The first kappa shape index (κ1) is 16.1. The van der Waals surface area contributed by atoms with Gasteiger partial charge in [-0.3, -0.25) is 0 Å². The van der Waals surface area contributed by atoms with Crippen LogP contribution in [0.5, 0.6) is 5.75 Å². The Morgan fingerprint density at radius 3 is 2.96 bits per heavy atom. The van der Waals surface area contributed by atoms with E-state index in [9.17, 15) is 9.90 Å². The fourth-order valence-corrected chi connectivity index (χ4v) is 3.41. The number of urea groups is 1. The van der Waals surface area contributed by atoms with Crippen LogP contribution < -0.4 is 10.1 Å². The SMILES string of the molecule is CC(O)C1CCN(C(=O)NCCc2ccc3c(c2)CCO3)CC1. The number of carbonyl (C=O) groups excluding carboxylic acids is 1. The largest absolute Gasteiger partial charge is 0.493 e. The van der Waals surface area contributed by atoms with Gasteiger partial charge in [0.2, 0.25) is 0 Å². The molecule has 126 valence electrons. The number of ether oxygens (including phenoxy) is 1. The number of aliphatic hydroxyl groups is 1. The van der Waals surface area contributed by atoms with Crippen LogP contribution in [-0.2, 0) is 12.8 Å². The first-order chi connectivity index (χ1) is 11.1. The maximum Gasteiger partial charge on any atom is 0.317 e. The molecular formula is C18H26N2O3. The van der Waals surface area contributed by atoms with E-state index in [4.69, 9.17) is 4.74 Å². The van der Waals surface area contributed by atoms with E-state index < -0.39 is 0 Å². The van der Waals surface area contributed by atoms with Crippen LogP contribution in [0.25, 0.3) is 0 Å². The lowest BCUT2D eigenvalue weighted by Crippen LogP contribution is -2.46. The summed E-state index contributed by atoms with van der Waals surface area (Å²) in [5, 5.41) is 12.6. The lowest BCUT2D eigenvalue weighted by molar-refractivity contribution is 0.0799. The normalized spacial score (nSPS) is 19.1. The van der Waals surface area contributed by atoms with Crippen molar-refractivity contribution in [3.05, 3.63) is 29.3 Å². The molecule has 0 bridgehead atoms.